The average Bonchev–Trinajstić information content (AvgIpc) is 2.80. The standard InChI is InChI=1S/C26H30F2N2O4/c1-4-7-25(32)34-30-19(11-10-18-8-5-9-22(27)26(18)28)16-24(31)21-13-12-20(17-23(21)30)33-15-6-14-29(2)3/h5,8-9,12-13,16-17H,4,6-7,10-11,14-15H2,1-3H3. The smallest absolute Gasteiger partial charge is 0.332 e. The van der Waals surface area contributed by atoms with Crippen molar-refractivity contribution < 1.29 is 23.1 Å². The number of ether oxygens (including phenoxy) is 1. The van der Waals surface area contributed by atoms with Gasteiger partial charge in [-0.15, -0.1) is 0 Å². The van der Waals surface area contributed by atoms with Gasteiger partial charge >= 0.3 is 5.97 Å². The monoisotopic (exact) mass is 472 g/mol. The van der Waals surface area contributed by atoms with E-state index in [4.69, 9.17) is 9.57 Å². The number of hydrogen-bond acceptors (Lipinski definition) is 5. The van der Waals surface area contributed by atoms with E-state index in [0.29, 0.717) is 35.4 Å². The summed E-state index contributed by atoms with van der Waals surface area (Å²) < 4.78 is 34.9. The van der Waals surface area contributed by atoms with Crippen LogP contribution >= 0.6 is 0 Å². The molecule has 3 aromatic rings. The number of pyridine rings is 1. The predicted molar refractivity (Wildman–Crippen MR) is 127 cm³/mol. The van der Waals surface area contributed by atoms with E-state index in [1.807, 2.05) is 21.0 Å². The average molecular weight is 473 g/mol. The Bertz CT molecular complexity index is 1210. The number of carbonyl (C=O) groups excluding carboxylic acids is 1. The van der Waals surface area contributed by atoms with Crippen molar-refractivity contribution in [3.8, 4) is 5.75 Å². The molecule has 8 heteroatoms. The molecule has 0 radical (unpaired) electrons. The quantitative estimate of drug-likeness (QED) is 0.393. The number of halogens is 2. The van der Waals surface area contributed by atoms with Gasteiger partial charge in [-0.25, -0.2) is 13.6 Å². The summed E-state index contributed by atoms with van der Waals surface area (Å²) in [4.78, 5) is 32.8. The number of benzene rings is 2. The molecule has 0 fully saturated rings. The molecule has 2 aromatic carbocycles. The molecule has 0 saturated carbocycles. The third kappa shape index (κ3) is 6.41. The summed E-state index contributed by atoms with van der Waals surface area (Å²) in [5, 5.41) is 0.366. The van der Waals surface area contributed by atoms with Crippen LogP contribution in [0, 0.1) is 11.6 Å². The van der Waals surface area contributed by atoms with Crippen LogP contribution in [0.25, 0.3) is 10.9 Å². The Balaban J connectivity index is 1.97. The van der Waals surface area contributed by atoms with Crippen molar-refractivity contribution in [2.75, 3.05) is 27.2 Å². The van der Waals surface area contributed by atoms with Crippen LogP contribution in [-0.4, -0.2) is 42.8 Å². The van der Waals surface area contributed by atoms with Gasteiger partial charge < -0.3 is 14.5 Å². The summed E-state index contributed by atoms with van der Waals surface area (Å²) >= 11 is 0. The third-order valence-electron chi connectivity index (χ3n) is 5.36. The Morgan fingerprint density at radius 2 is 1.88 bits per heavy atom. The Morgan fingerprint density at radius 1 is 1.09 bits per heavy atom. The largest absolute Gasteiger partial charge is 0.493 e. The van der Waals surface area contributed by atoms with Gasteiger partial charge in [-0.05, 0) is 63.5 Å². The van der Waals surface area contributed by atoms with Crippen LogP contribution in [0.5, 0.6) is 5.75 Å². The molecule has 3 rings (SSSR count). The van der Waals surface area contributed by atoms with Crippen molar-refractivity contribution in [2.24, 2.45) is 0 Å². The first kappa shape index (κ1) is 25.4. The Hall–Kier alpha value is -3.26. The van der Waals surface area contributed by atoms with Crippen molar-refractivity contribution in [3.05, 3.63) is 75.6 Å². The predicted octanol–water partition coefficient (Wildman–Crippen LogP) is 4.15. The van der Waals surface area contributed by atoms with E-state index in [9.17, 15) is 18.4 Å². The first-order valence-corrected chi connectivity index (χ1v) is 11.4. The minimum Gasteiger partial charge on any atom is -0.493 e. The molecule has 182 valence electrons. The number of nitrogens with zero attached hydrogens (tertiary/aromatic N) is 2. The third-order valence-corrected chi connectivity index (χ3v) is 5.36. The zero-order valence-corrected chi connectivity index (χ0v) is 19.8. The number of carbonyl (C=O) groups is 1. The van der Waals surface area contributed by atoms with Gasteiger partial charge in [-0.2, -0.15) is 4.73 Å². The summed E-state index contributed by atoms with van der Waals surface area (Å²) in [6.07, 6.45) is 1.91. The molecule has 0 amide bonds. The van der Waals surface area contributed by atoms with Gasteiger partial charge in [-0.1, -0.05) is 19.1 Å². The summed E-state index contributed by atoms with van der Waals surface area (Å²) in [6, 6.07) is 10.4. The van der Waals surface area contributed by atoms with E-state index in [2.05, 4.69) is 4.90 Å². The molecule has 0 saturated heterocycles. The summed E-state index contributed by atoms with van der Waals surface area (Å²) in [6.45, 7) is 3.22. The van der Waals surface area contributed by atoms with Crippen molar-refractivity contribution >= 4 is 16.9 Å². The number of aryl methyl sites for hydroxylation is 2. The molecule has 0 unspecified atom stereocenters. The number of fused-ring (bicyclic) bond motifs is 1. The highest BCUT2D eigenvalue weighted by molar-refractivity contribution is 5.81. The van der Waals surface area contributed by atoms with Gasteiger partial charge in [0.05, 0.1) is 17.8 Å². The van der Waals surface area contributed by atoms with Crippen molar-refractivity contribution in [3.63, 3.8) is 0 Å². The molecule has 0 aliphatic heterocycles. The molecule has 0 N–H and O–H groups in total. The van der Waals surface area contributed by atoms with Crippen LogP contribution in [0.3, 0.4) is 0 Å². The highest BCUT2D eigenvalue weighted by atomic mass is 19.2. The zero-order valence-electron chi connectivity index (χ0n) is 19.8. The van der Waals surface area contributed by atoms with Crippen LogP contribution in [-0.2, 0) is 17.6 Å². The Morgan fingerprint density at radius 3 is 2.62 bits per heavy atom. The van der Waals surface area contributed by atoms with Crippen molar-refractivity contribution in [1.29, 1.82) is 0 Å². The van der Waals surface area contributed by atoms with Crippen LogP contribution in [0.4, 0.5) is 8.78 Å². The van der Waals surface area contributed by atoms with Gasteiger partial charge in [-0.3, -0.25) is 4.79 Å². The molecule has 0 spiro atoms. The van der Waals surface area contributed by atoms with E-state index >= 15 is 0 Å². The summed E-state index contributed by atoms with van der Waals surface area (Å²) in [5.74, 6) is -1.77. The van der Waals surface area contributed by atoms with E-state index < -0.39 is 17.6 Å². The van der Waals surface area contributed by atoms with Gasteiger partial charge in [0.25, 0.3) is 0 Å². The molecule has 1 aromatic heterocycles. The van der Waals surface area contributed by atoms with Gasteiger partial charge in [0.15, 0.2) is 17.1 Å². The van der Waals surface area contributed by atoms with Crippen molar-refractivity contribution in [2.45, 2.75) is 39.0 Å². The maximum Gasteiger partial charge on any atom is 0.332 e. The van der Waals surface area contributed by atoms with Gasteiger partial charge in [0.1, 0.15) is 5.75 Å². The van der Waals surface area contributed by atoms with Crippen molar-refractivity contribution in [1.82, 2.24) is 9.63 Å². The zero-order chi connectivity index (χ0) is 24.7. The highest BCUT2D eigenvalue weighted by Gasteiger charge is 2.16. The number of hydrogen-bond donors (Lipinski definition) is 0. The fourth-order valence-corrected chi connectivity index (χ4v) is 3.63. The van der Waals surface area contributed by atoms with Gasteiger partial charge in [0.2, 0.25) is 0 Å². The summed E-state index contributed by atoms with van der Waals surface area (Å²) in [7, 11) is 3.97. The molecular weight excluding hydrogens is 442 g/mol. The van der Waals surface area contributed by atoms with E-state index in [-0.39, 0.29) is 30.3 Å². The lowest BCUT2D eigenvalue weighted by Gasteiger charge is -2.17. The van der Waals surface area contributed by atoms with E-state index in [0.717, 1.165) is 19.0 Å². The Kier molecular flexibility index (Phi) is 8.76. The lowest BCUT2D eigenvalue weighted by Crippen LogP contribution is -2.26. The summed E-state index contributed by atoms with van der Waals surface area (Å²) in [5.41, 5.74) is 0.691. The second-order valence-corrected chi connectivity index (χ2v) is 8.40. The molecule has 6 nitrogen and oxygen atoms in total. The topological polar surface area (TPSA) is 60.8 Å². The maximum absolute atomic E-state index is 14.1. The molecule has 0 aliphatic carbocycles. The molecule has 0 bridgehead atoms. The first-order chi connectivity index (χ1) is 16.3. The maximum atomic E-state index is 14.1. The molecule has 0 atom stereocenters. The van der Waals surface area contributed by atoms with Crippen LogP contribution in [0.1, 0.15) is 37.4 Å². The molecule has 34 heavy (non-hydrogen) atoms. The van der Waals surface area contributed by atoms with Crippen LogP contribution in [0.15, 0.2) is 47.3 Å². The van der Waals surface area contributed by atoms with E-state index in [1.165, 1.54) is 22.9 Å². The SMILES string of the molecule is CCCC(=O)On1c(CCc2cccc(F)c2F)cc(=O)c2ccc(OCCCN(C)C)cc21. The normalized spacial score (nSPS) is 11.2. The fourth-order valence-electron chi connectivity index (χ4n) is 3.63. The minimum absolute atomic E-state index is 0.126. The molecule has 0 aliphatic rings. The highest BCUT2D eigenvalue weighted by Crippen LogP contribution is 2.21. The lowest BCUT2D eigenvalue weighted by atomic mass is 10.1. The van der Waals surface area contributed by atoms with Gasteiger partial charge in [0, 0.05) is 30.5 Å². The number of aromatic nitrogens is 1. The van der Waals surface area contributed by atoms with E-state index in [1.54, 1.807) is 18.2 Å². The number of rotatable bonds is 11. The second-order valence-electron chi connectivity index (χ2n) is 8.40. The lowest BCUT2D eigenvalue weighted by molar-refractivity contribution is -0.144. The van der Waals surface area contributed by atoms with Crippen LogP contribution < -0.4 is 15.0 Å². The first-order valence-electron chi connectivity index (χ1n) is 11.4. The Labute approximate surface area is 197 Å². The fraction of sp³-hybridized carbons (Fsp3) is 0.385. The second kappa shape index (κ2) is 11.7. The minimum atomic E-state index is -0.932. The molecule has 1 heterocycles. The molecular formula is C26H30F2N2O4. The van der Waals surface area contributed by atoms with Crippen LogP contribution in [0.2, 0.25) is 0 Å².